The Morgan fingerprint density at radius 3 is 1.34 bits per heavy atom. The summed E-state index contributed by atoms with van der Waals surface area (Å²) in [5, 5.41) is 16.8. The topological polar surface area (TPSA) is 83.6 Å². The number of azo groups is 2. The summed E-state index contributed by atoms with van der Waals surface area (Å²) in [6.45, 7) is 3.65. The van der Waals surface area contributed by atoms with Gasteiger partial charge in [0.1, 0.15) is 0 Å². The molecule has 0 radical (unpaired) electrons. The molecular weight excluding hydrogens is 400 g/mol. The summed E-state index contributed by atoms with van der Waals surface area (Å²) in [6.07, 6.45) is 3.69. The van der Waals surface area contributed by atoms with Crippen LogP contribution < -0.4 is 0 Å². The zero-order valence-electron chi connectivity index (χ0n) is 18.4. The largest absolute Gasteiger partial charge is 0.295 e. The van der Waals surface area contributed by atoms with E-state index in [0.717, 1.165) is 19.3 Å². The molecule has 3 aromatic carbocycles. The molecule has 162 valence electrons. The van der Waals surface area contributed by atoms with E-state index in [2.05, 4.69) is 27.4 Å². The second-order valence-corrected chi connectivity index (χ2v) is 7.45. The lowest BCUT2D eigenvalue weighted by Gasteiger charge is -2.01. The maximum atomic E-state index is 12.1. The Morgan fingerprint density at radius 2 is 0.969 bits per heavy atom. The summed E-state index contributed by atoms with van der Waals surface area (Å²) in [7, 11) is 0. The maximum Gasteiger partial charge on any atom is 0.162 e. The molecule has 3 aromatic rings. The Labute approximate surface area is 188 Å². The molecule has 0 spiro atoms. The van der Waals surface area contributed by atoms with E-state index in [9.17, 15) is 9.59 Å². The van der Waals surface area contributed by atoms with Crippen molar-refractivity contribution in [2.75, 3.05) is 0 Å². The van der Waals surface area contributed by atoms with Crippen LogP contribution >= 0.6 is 0 Å². The third kappa shape index (κ3) is 6.87. The van der Waals surface area contributed by atoms with E-state index >= 15 is 0 Å². The SMILES string of the molecule is CCCCCC(=O)c1ccc(N=Nc2ccc(N=Nc3ccc(C(C)=O)cc3)cc2)cc1. The Kier molecular flexibility index (Phi) is 8.26. The molecule has 0 atom stereocenters. The average Bonchev–Trinajstić information content (AvgIpc) is 2.82. The minimum atomic E-state index is 0.0186. The van der Waals surface area contributed by atoms with Gasteiger partial charge in [-0.2, -0.15) is 20.5 Å². The van der Waals surface area contributed by atoms with E-state index in [1.807, 2.05) is 12.1 Å². The predicted molar refractivity (Wildman–Crippen MR) is 126 cm³/mol. The van der Waals surface area contributed by atoms with Crippen LogP contribution in [0.2, 0.25) is 0 Å². The van der Waals surface area contributed by atoms with Gasteiger partial charge in [0.2, 0.25) is 0 Å². The highest BCUT2D eigenvalue weighted by Gasteiger charge is 2.05. The van der Waals surface area contributed by atoms with E-state index in [-0.39, 0.29) is 11.6 Å². The van der Waals surface area contributed by atoms with Gasteiger partial charge in [-0.25, -0.2) is 0 Å². The van der Waals surface area contributed by atoms with Gasteiger partial charge < -0.3 is 0 Å². The number of carbonyl (C=O) groups is 2. The van der Waals surface area contributed by atoms with Crippen LogP contribution in [0.15, 0.2) is 93.3 Å². The second kappa shape index (κ2) is 11.6. The van der Waals surface area contributed by atoms with Gasteiger partial charge >= 0.3 is 0 Å². The molecule has 0 saturated heterocycles. The first-order valence-electron chi connectivity index (χ1n) is 10.7. The van der Waals surface area contributed by atoms with Crippen molar-refractivity contribution in [2.45, 2.75) is 39.5 Å². The fourth-order valence-electron chi connectivity index (χ4n) is 2.97. The molecule has 6 nitrogen and oxygen atoms in total. The first-order valence-corrected chi connectivity index (χ1v) is 10.7. The van der Waals surface area contributed by atoms with E-state index in [0.29, 0.717) is 40.3 Å². The number of hydrogen-bond donors (Lipinski definition) is 0. The van der Waals surface area contributed by atoms with E-state index in [1.165, 1.54) is 6.92 Å². The smallest absolute Gasteiger partial charge is 0.162 e. The Balaban J connectivity index is 1.56. The molecule has 0 aliphatic heterocycles. The van der Waals surface area contributed by atoms with Crippen LogP contribution in [0.25, 0.3) is 0 Å². The first kappa shape index (κ1) is 22.9. The van der Waals surface area contributed by atoms with Crippen molar-refractivity contribution in [2.24, 2.45) is 20.5 Å². The highest BCUT2D eigenvalue weighted by Crippen LogP contribution is 2.24. The van der Waals surface area contributed by atoms with Crippen LogP contribution in [0, 0.1) is 0 Å². The molecule has 0 fully saturated rings. The fraction of sp³-hybridized carbons (Fsp3) is 0.231. The van der Waals surface area contributed by atoms with Crippen molar-refractivity contribution < 1.29 is 9.59 Å². The summed E-state index contributed by atoms with van der Waals surface area (Å²) < 4.78 is 0. The standard InChI is InChI=1S/C26H26N4O2/c1-3-4-5-6-26(32)21-9-13-23(14-10-21)28-30-25-17-15-24(16-18-25)29-27-22-11-7-20(8-12-22)19(2)31/h7-18H,3-6H2,1-2H3. The summed E-state index contributed by atoms with van der Waals surface area (Å²) in [6, 6.07) is 21.4. The molecule has 0 amide bonds. The molecule has 32 heavy (non-hydrogen) atoms. The van der Waals surface area contributed by atoms with Gasteiger partial charge in [-0.05, 0) is 86.1 Å². The molecule has 0 unspecified atom stereocenters. The molecule has 0 bridgehead atoms. The third-order valence-corrected chi connectivity index (χ3v) is 4.88. The van der Waals surface area contributed by atoms with Gasteiger partial charge in [0, 0.05) is 17.5 Å². The Hall–Kier alpha value is -3.80. The maximum absolute atomic E-state index is 12.1. The number of hydrogen-bond acceptors (Lipinski definition) is 6. The summed E-state index contributed by atoms with van der Waals surface area (Å²) >= 11 is 0. The summed E-state index contributed by atoms with van der Waals surface area (Å²) in [5.74, 6) is 0.187. The number of ketones is 2. The van der Waals surface area contributed by atoms with Crippen LogP contribution in [0.1, 0.15) is 60.2 Å². The third-order valence-electron chi connectivity index (χ3n) is 4.88. The van der Waals surface area contributed by atoms with E-state index in [1.54, 1.807) is 60.7 Å². The zero-order chi connectivity index (χ0) is 22.8. The molecule has 0 saturated carbocycles. The molecule has 0 N–H and O–H groups in total. The number of rotatable bonds is 10. The lowest BCUT2D eigenvalue weighted by molar-refractivity contribution is 0.0977. The van der Waals surface area contributed by atoms with Crippen molar-refractivity contribution in [3.8, 4) is 0 Å². The lowest BCUT2D eigenvalue weighted by Crippen LogP contribution is -1.97. The van der Waals surface area contributed by atoms with Crippen LogP contribution in [-0.4, -0.2) is 11.6 Å². The quantitative estimate of drug-likeness (QED) is 0.185. The fourth-order valence-corrected chi connectivity index (χ4v) is 2.97. The molecule has 0 heterocycles. The minimum Gasteiger partial charge on any atom is -0.295 e. The zero-order valence-corrected chi connectivity index (χ0v) is 18.4. The van der Waals surface area contributed by atoms with Crippen LogP contribution in [0.4, 0.5) is 22.7 Å². The molecule has 0 aliphatic rings. The van der Waals surface area contributed by atoms with Gasteiger partial charge in [0.15, 0.2) is 11.6 Å². The lowest BCUT2D eigenvalue weighted by atomic mass is 10.0. The van der Waals surface area contributed by atoms with Gasteiger partial charge in [0.25, 0.3) is 0 Å². The number of unbranched alkanes of at least 4 members (excludes halogenated alkanes) is 2. The van der Waals surface area contributed by atoms with Crippen LogP contribution in [0.5, 0.6) is 0 Å². The van der Waals surface area contributed by atoms with Gasteiger partial charge in [-0.15, -0.1) is 0 Å². The van der Waals surface area contributed by atoms with Crippen LogP contribution in [-0.2, 0) is 0 Å². The van der Waals surface area contributed by atoms with Crippen molar-refractivity contribution >= 4 is 34.3 Å². The minimum absolute atomic E-state index is 0.0186. The van der Waals surface area contributed by atoms with Crippen molar-refractivity contribution in [3.05, 3.63) is 83.9 Å². The summed E-state index contributed by atoms with van der Waals surface area (Å²) in [5.41, 5.74) is 4.09. The van der Waals surface area contributed by atoms with Crippen LogP contribution in [0.3, 0.4) is 0 Å². The van der Waals surface area contributed by atoms with Crippen molar-refractivity contribution in [3.63, 3.8) is 0 Å². The van der Waals surface area contributed by atoms with Gasteiger partial charge in [0.05, 0.1) is 22.7 Å². The predicted octanol–water partition coefficient (Wildman–Crippen LogP) is 8.48. The average molecular weight is 427 g/mol. The normalized spacial score (nSPS) is 11.3. The Morgan fingerprint density at radius 1 is 0.594 bits per heavy atom. The second-order valence-electron chi connectivity index (χ2n) is 7.45. The number of Topliss-reactive ketones (excluding diaryl/α,β-unsaturated/α-hetero) is 2. The highest BCUT2D eigenvalue weighted by molar-refractivity contribution is 5.96. The van der Waals surface area contributed by atoms with Crippen molar-refractivity contribution in [1.82, 2.24) is 0 Å². The van der Waals surface area contributed by atoms with Gasteiger partial charge in [-0.3, -0.25) is 9.59 Å². The molecular formula is C26H26N4O2. The number of carbonyl (C=O) groups excluding carboxylic acids is 2. The Bertz CT molecular complexity index is 1100. The van der Waals surface area contributed by atoms with E-state index < -0.39 is 0 Å². The monoisotopic (exact) mass is 426 g/mol. The summed E-state index contributed by atoms with van der Waals surface area (Å²) in [4.78, 5) is 23.5. The molecule has 0 aliphatic carbocycles. The number of nitrogens with zero attached hydrogens (tertiary/aromatic N) is 4. The molecule has 3 rings (SSSR count). The molecule has 6 heteroatoms. The molecule has 0 aromatic heterocycles. The van der Waals surface area contributed by atoms with Crippen molar-refractivity contribution in [1.29, 1.82) is 0 Å². The first-order chi connectivity index (χ1) is 15.5. The van der Waals surface area contributed by atoms with E-state index in [4.69, 9.17) is 0 Å². The number of benzene rings is 3. The highest BCUT2D eigenvalue weighted by atomic mass is 16.1. The van der Waals surface area contributed by atoms with Gasteiger partial charge in [-0.1, -0.05) is 19.8 Å².